The maximum atomic E-state index is 11.8. The topological polar surface area (TPSA) is 57.5 Å². The quantitative estimate of drug-likeness (QED) is 0.284. The maximum Gasteiger partial charge on any atom is 0.132 e. The number of aliphatic hydroxyl groups is 2. The van der Waals surface area contributed by atoms with Crippen molar-refractivity contribution in [3.8, 4) is 0 Å². The second kappa shape index (κ2) is 18.2. The molecule has 0 bridgehead atoms. The molecule has 140 valence electrons. The fourth-order valence-corrected chi connectivity index (χ4v) is 4.37. The summed E-state index contributed by atoms with van der Waals surface area (Å²) in [7, 11) is 4.01. The average Bonchev–Trinajstić information content (AvgIpc) is 2.59. The van der Waals surface area contributed by atoms with Gasteiger partial charge in [-0.15, -0.1) is 0 Å². The third-order valence-corrected chi connectivity index (χ3v) is 6.45. The Morgan fingerprint density at radius 3 is 1.54 bits per heavy atom. The molecule has 0 aromatic rings. The van der Waals surface area contributed by atoms with E-state index in [1.165, 1.54) is 0 Å². The molecular weight excluding hydrogens is 338 g/mol. The van der Waals surface area contributed by atoms with Gasteiger partial charge in [-0.2, -0.15) is 23.5 Å². The normalized spacial score (nSPS) is 13.8. The standard InChI is InChI=1S/C17H36B2O3S2/c18-11-16(21)13-23-9-5-1-3-7-15(20)8-4-2-6-10-24-14-17(22)12-19/h16-17,21-22H,1-14,18-19H2. The minimum Gasteiger partial charge on any atom is -0.393 e. The van der Waals surface area contributed by atoms with Gasteiger partial charge in [0.05, 0.1) is 12.2 Å². The van der Waals surface area contributed by atoms with Crippen LogP contribution in [0, 0.1) is 0 Å². The van der Waals surface area contributed by atoms with E-state index >= 15 is 0 Å². The fraction of sp³-hybridized carbons (Fsp3) is 0.941. The molecule has 0 aromatic heterocycles. The minimum atomic E-state index is -0.160. The summed E-state index contributed by atoms with van der Waals surface area (Å²) in [5.74, 6) is 4.28. The van der Waals surface area contributed by atoms with Gasteiger partial charge in [0.25, 0.3) is 0 Å². The zero-order chi connectivity index (χ0) is 18.0. The summed E-state index contributed by atoms with van der Waals surface area (Å²) in [5, 5.41) is 18.9. The summed E-state index contributed by atoms with van der Waals surface area (Å²) >= 11 is 3.64. The van der Waals surface area contributed by atoms with Gasteiger partial charge in [-0.1, -0.05) is 25.5 Å². The molecule has 2 N–H and O–H groups in total. The first-order valence-corrected chi connectivity index (χ1v) is 11.9. The van der Waals surface area contributed by atoms with Crippen LogP contribution in [-0.4, -0.2) is 66.9 Å². The van der Waals surface area contributed by atoms with Crippen LogP contribution in [0.2, 0.25) is 12.6 Å². The molecule has 3 nitrogen and oxygen atoms in total. The number of ketones is 1. The van der Waals surface area contributed by atoms with Gasteiger partial charge < -0.3 is 10.2 Å². The molecule has 0 radical (unpaired) electrons. The van der Waals surface area contributed by atoms with Crippen LogP contribution < -0.4 is 0 Å². The van der Waals surface area contributed by atoms with Crippen LogP contribution in [0.5, 0.6) is 0 Å². The number of hydrogen-bond acceptors (Lipinski definition) is 5. The molecule has 0 aliphatic carbocycles. The maximum absolute atomic E-state index is 11.8. The number of aliphatic hydroxyl groups excluding tert-OH is 2. The molecule has 0 saturated heterocycles. The lowest BCUT2D eigenvalue weighted by Gasteiger charge is -2.07. The molecule has 0 aliphatic rings. The Morgan fingerprint density at radius 1 is 0.750 bits per heavy atom. The van der Waals surface area contributed by atoms with Crippen molar-refractivity contribution in [3.05, 3.63) is 0 Å². The van der Waals surface area contributed by atoms with Crippen molar-refractivity contribution in [3.63, 3.8) is 0 Å². The number of carbonyl (C=O) groups is 1. The van der Waals surface area contributed by atoms with E-state index in [-0.39, 0.29) is 12.2 Å². The van der Waals surface area contributed by atoms with E-state index in [0.717, 1.165) is 87.0 Å². The van der Waals surface area contributed by atoms with E-state index in [1.54, 1.807) is 0 Å². The van der Waals surface area contributed by atoms with Crippen LogP contribution in [0.15, 0.2) is 0 Å². The largest absolute Gasteiger partial charge is 0.393 e. The molecule has 2 unspecified atom stereocenters. The lowest BCUT2D eigenvalue weighted by Crippen LogP contribution is -2.08. The highest BCUT2D eigenvalue weighted by atomic mass is 32.2. The van der Waals surface area contributed by atoms with Gasteiger partial charge in [0.2, 0.25) is 0 Å². The van der Waals surface area contributed by atoms with Crippen LogP contribution >= 0.6 is 23.5 Å². The number of Topliss-reactive ketones (excluding diaryl/α,β-unsaturated/α-hetero) is 1. The molecular formula is C17H36B2O3S2. The Kier molecular flexibility index (Phi) is 18.5. The second-order valence-corrected chi connectivity index (χ2v) is 8.73. The summed E-state index contributed by atoms with van der Waals surface area (Å²) in [6, 6.07) is 0. The van der Waals surface area contributed by atoms with Crippen LogP contribution in [0.4, 0.5) is 0 Å². The highest BCUT2D eigenvalue weighted by Crippen LogP contribution is 2.13. The fourth-order valence-electron chi connectivity index (χ4n) is 2.21. The smallest absolute Gasteiger partial charge is 0.132 e. The summed E-state index contributed by atoms with van der Waals surface area (Å²) in [6.45, 7) is 0. The molecule has 0 spiro atoms. The highest BCUT2D eigenvalue weighted by Gasteiger charge is 2.04. The SMILES string of the molecule is BCC(O)CSCCCCCC(=O)CCCCCSCC(O)CB. The van der Waals surface area contributed by atoms with Crippen LogP contribution in [-0.2, 0) is 4.79 Å². The number of hydrogen-bond donors (Lipinski definition) is 2. The lowest BCUT2D eigenvalue weighted by atomic mass is 10.0. The summed E-state index contributed by atoms with van der Waals surface area (Å²) in [6.07, 6.45) is 9.39. The van der Waals surface area contributed by atoms with Gasteiger partial charge in [0.15, 0.2) is 0 Å². The zero-order valence-corrected chi connectivity index (χ0v) is 17.3. The van der Waals surface area contributed by atoms with Gasteiger partial charge in [-0.05, 0) is 37.2 Å². The zero-order valence-electron chi connectivity index (χ0n) is 15.7. The van der Waals surface area contributed by atoms with Crippen LogP contribution in [0.1, 0.15) is 51.4 Å². The summed E-state index contributed by atoms with van der Waals surface area (Å²) < 4.78 is 0. The first kappa shape index (κ1) is 24.4. The number of carbonyl (C=O) groups excluding carboxylic acids is 1. The first-order chi connectivity index (χ1) is 11.6. The number of unbranched alkanes of at least 4 members (excludes halogenated alkanes) is 4. The van der Waals surface area contributed by atoms with E-state index in [1.807, 2.05) is 39.2 Å². The Morgan fingerprint density at radius 2 is 1.17 bits per heavy atom. The summed E-state index contributed by atoms with van der Waals surface area (Å²) in [4.78, 5) is 11.8. The third kappa shape index (κ3) is 17.2. The molecule has 0 saturated carbocycles. The molecule has 0 aromatic carbocycles. The van der Waals surface area contributed by atoms with Gasteiger partial charge >= 0.3 is 0 Å². The van der Waals surface area contributed by atoms with Crippen molar-refractivity contribution in [2.75, 3.05) is 23.0 Å². The van der Waals surface area contributed by atoms with Crippen molar-refractivity contribution in [2.24, 2.45) is 0 Å². The van der Waals surface area contributed by atoms with Crippen LogP contribution in [0.25, 0.3) is 0 Å². The molecule has 0 rings (SSSR count). The predicted octanol–water partition coefficient (Wildman–Crippen LogP) is 1.97. The van der Waals surface area contributed by atoms with Crippen LogP contribution in [0.3, 0.4) is 0 Å². The third-order valence-electron chi connectivity index (χ3n) is 4.05. The van der Waals surface area contributed by atoms with Gasteiger partial charge in [-0.3, -0.25) is 4.79 Å². The molecule has 24 heavy (non-hydrogen) atoms. The van der Waals surface area contributed by atoms with Gasteiger partial charge in [0, 0.05) is 24.3 Å². The van der Waals surface area contributed by atoms with E-state index in [0.29, 0.717) is 5.78 Å². The van der Waals surface area contributed by atoms with E-state index in [9.17, 15) is 15.0 Å². The number of rotatable bonds is 18. The van der Waals surface area contributed by atoms with Gasteiger partial charge in [-0.25, -0.2) is 0 Å². The molecule has 0 fully saturated rings. The van der Waals surface area contributed by atoms with E-state index < -0.39 is 0 Å². The van der Waals surface area contributed by atoms with Crippen molar-refractivity contribution in [2.45, 2.75) is 76.2 Å². The monoisotopic (exact) mass is 374 g/mol. The van der Waals surface area contributed by atoms with Crippen molar-refractivity contribution >= 4 is 45.0 Å². The Bertz CT molecular complexity index is 271. The summed E-state index contributed by atoms with van der Waals surface area (Å²) in [5.41, 5.74) is 0. The van der Waals surface area contributed by atoms with E-state index in [2.05, 4.69) is 0 Å². The predicted molar refractivity (Wildman–Crippen MR) is 115 cm³/mol. The average molecular weight is 374 g/mol. The second-order valence-electron chi connectivity index (χ2n) is 6.43. The first-order valence-electron chi connectivity index (χ1n) is 9.63. The van der Waals surface area contributed by atoms with E-state index in [4.69, 9.17) is 0 Å². The lowest BCUT2D eigenvalue weighted by molar-refractivity contribution is -0.119. The molecule has 0 amide bonds. The molecule has 7 heteroatoms. The Hall–Kier alpha value is 0.420. The highest BCUT2D eigenvalue weighted by molar-refractivity contribution is 7.99. The molecule has 0 aliphatic heterocycles. The van der Waals surface area contributed by atoms with Crippen molar-refractivity contribution < 1.29 is 15.0 Å². The minimum absolute atomic E-state index is 0.160. The number of thioether (sulfide) groups is 2. The van der Waals surface area contributed by atoms with Gasteiger partial charge in [0.1, 0.15) is 21.5 Å². The Balaban J connectivity index is 3.24. The van der Waals surface area contributed by atoms with Crippen molar-refractivity contribution in [1.82, 2.24) is 0 Å². The molecule has 2 atom stereocenters. The molecule has 0 heterocycles. The Labute approximate surface area is 159 Å². The van der Waals surface area contributed by atoms with Crippen molar-refractivity contribution in [1.29, 1.82) is 0 Å².